The number of halogens is 3. The van der Waals surface area contributed by atoms with Gasteiger partial charge in [0.1, 0.15) is 5.60 Å². The van der Waals surface area contributed by atoms with E-state index in [1.54, 1.807) is 13.8 Å². The van der Waals surface area contributed by atoms with Crippen LogP contribution in [0.15, 0.2) is 30.2 Å². The Balaban J connectivity index is 1.84. The third-order valence-corrected chi connectivity index (χ3v) is 4.94. The number of aromatic nitrogens is 1. The summed E-state index contributed by atoms with van der Waals surface area (Å²) in [5, 5.41) is 0. The molecule has 158 valence electrons. The lowest BCUT2D eigenvalue weighted by atomic mass is 9.71. The molecule has 1 aliphatic carbocycles. The summed E-state index contributed by atoms with van der Waals surface area (Å²) in [6.45, 7) is 2.54. The molecule has 1 spiro atoms. The number of allylic oxidation sites excluding steroid dienone is 1. The number of rotatable bonds is 3. The van der Waals surface area contributed by atoms with Crippen molar-refractivity contribution < 1.29 is 32.2 Å². The lowest BCUT2D eigenvalue weighted by Gasteiger charge is -2.46. The Morgan fingerprint density at radius 1 is 1.41 bits per heavy atom. The molecule has 1 unspecified atom stereocenters. The number of carbonyl (C=O) groups excluding carboxylic acids is 2. The Hall–Kier alpha value is -2.62. The lowest BCUT2D eigenvalue weighted by Crippen LogP contribution is -2.57. The number of carbonyl (C=O) groups is 2. The minimum atomic E-state index is -4.54. The third kappa shape index (κ3) is 4.52. The zero-order chi connectivity index (χ0) is 21.4. The van der Waals surface area contributed by atoms with E-state index in [2.05, 4.69) is 4.98 Å². The van der Waals surface area contributed by atoms with Gasteiger partial charge in [-0.3, -0.25) is 14.6 Å². The summed E-state index contributed by atoms with van der Waals surface area (Å²) in [5.74, 6) is -0.939. The summed E-state index contributed by atoms with van der Waals surface area (Å²) in [6, 6.07) is 1.31. The van der Waals surface area contributed by atoms with Gasteiger partial charge < -0.3 is 20.1 Å². The average molecular weight is 413 g/mol. The van der Waals surface area contributed by atoms with E-state index in [1.165, 1.54) is 23.2 Å². The first-order valence-corrected chi connectivity index (χ1v) is 9.02. The molecule has 2 heterocycles. The summed E-state index contributed by atoms with van der Waals surface area (Å²) in [6.07, 6.45) is -0.286. The molecule has 0 bridgehead atoms. The molecule has 3 rings (SSSR count). The first kappa shape index (κ1) is 21.1. The van der Waals surface area contributed by atoms with E-state index in [-0.39, 0.29) is 42.5 Å². The Morgan fingerprint density at radius 3 is 2.79 bits per heavy atom. The second-order valence-electron chi connectivity index (χ2n) is 7.91. The highest BCUT2D eigenvalue weighted by Crippen LogP contribution is 2.40. The maximum absolute atomic E-state index is 13.0. The topological polar surface area (TPSA) is 94.8 Å². The van der Waals surface area contributed by atoms with Crippen LogP contribution in [0.3, 0.4) is 0 Å². The number of nitrogens with zero attached hydrogens (tertiary/aromatic N) is 2. The number of amides is 1. The van der Waals surface area contributed by atoms with Crippen LogP contribution in [-0.4, -0.2) is 59.7 Å². The van der Waals surface area contributed by atoms with Crippen molar-refractivity contribution >= 4 is 11.7 Å². The fourth-order valence-electron chi connectivity index (χ4n) is 3.80. The molecule has 2 N–H and O–H groups in total. The zero-order valence-electron chi connectivity index (χ0n) is 16.1. The summed E-state index contributed by atoms with van der Waals surface area (Å²) in [4.78, 5) is 30.5. The van der Waals surface area contributed by atoms with Crippen molar-refractivity contribution in [1.29, 1.82) is 0 Å². The summed E-state index contributed by atoms with van der Waals surface area (Å²) in [5.41, 5.74) is 4.25. The second-order valence-corrected chi connectivity index (χ2v) is 7.91. The van der Waals surface area contributed by atoms with Crippen molar-refractivity contribution in [2.24, 2.45) is 11.1 Å². The predicted octanol–water partition coefficient (Wildman–Crippen LogP) is 2.08. The van der Waals surface area contributed by atoms with Gasteiger partial charge in [0.15, 0.2) is 18.1 Å². The molecule has 1 fully saturated rings. The minimum absolute atomic E-state index is 0.0237. The largest absolute Gasteiger partial charge is 0.482 e. The van der Waals surface area contributed by atoms with Gasteiger partial charge in [0, 0.05) is 18.2 Å². The number of Topliss-reactive ketones (excluding diaryl/α,β-unsaturated/α-hetero) is 1. The zero-order valence-corrected chi connectivity index (χ0v) is 16.1. The highest BCUT2D eigenvalue weighted by Gasteiger charge is 2.48. The van der Waals surface area contributed by atoms with Crippen LogP contribution in [0.5, 0.6) is 5.75 Å². The summed E-state index contributed by atoms with van der Waals surface area (Å²) >= 11 is 0. The van der Waals surface area contributed by atoms with Gasteiger partial charge in [-0.25, -0.2) is 0 Å². The maximum atomic E-state index is 13.0. The molecule has 7 nitrogen and oxygen atoms in total. The molecule has 0 radical (unpaired) electrons. The van der Waals surface area contributed by atoms with E-state index in [1.807, 2.05) is 0 Å². The molecular formula is C19H22F3N3O4. The Morgan fingerprint density at radius 2 is 2.14 bits per heavy atom. The predicted molar refractivity (Wildman–Crippen MR) is 96.0 cm³/mol. The molecule has 0 aromatic carbocycles. The van der Waals surface area contributed by atoms with Gasteiger partial charge in [-0.05, 0) is 18.6 Å². The van der Waals surface area contributed by atoms with E-state index in [4.69, 9.17) is 15.2 Å². The van der Waals surface area contributed by atoms with E-state index in [0.29, 0.717) is 6.42 Å². The molecule has 0 saturated carbocycles. The first-order valence-electron chi connectivity index (χ1n) is 9.02. The summed E-state index contributed by atoms with van der Waals surface area (Å²) in [7, 11) is 0. The van der Waals surface area contributed by atoms with Gasteiger partial charge in [0.25, 0.3) is 5.91 Å². The number of hydrogen-bond acceptors (Lipinski definition) is 6. The number of ether oxygens (including phenoxy) is 2. The number of nitrogens with two attached hydrogens (primary N) is 1. The van der Waals surface area contributed by atoms with Crippen LogP contribution in [0.25, 0.3) is 0 Å². The average Bonchev–Trinajstić information content (AvgIpc) is 2.63. The van der Waals surface area contributed by atoms with Gasteiger partial charge in [-0.2, -0.15) is 13.2 Å². The van der Waals surface area contributed by atoms with Crippen LogP contribution in [0.4, 0.5) is 13.2 Å². The van der Waals surface area contributed by atoms with Crippen LogP contribution in [0.1, 0.15) is 30.6 Å². The van der Waals surface area contributed by atoms with Gasteiger partial charge in [0.05, 0.1) is 30.6 Å². The second kappa shape index (κ2) is 7.33. The molecular weight excluding hydrogens is 391 g/mol. The highest BCUT2D eigenvalue weighted by molar-refractivity contribution is 6.00. The van der Waals surface area contributed by atoms with E-state index in [0.717, 1.165) is 6.20 Å². The van der Waals surface area contributed by atoms with Crippen molar-refractivity contribution in [3.63, 3.8) is 0 Å². The molecule has 2 aliphatic rings. The molecule has 1 aromatic rings. The Kier molecular flexibility index (Phi) is 5.33. The highest BCUT2D eigenvalue weighted by atomic mass is 19.4. The standard InChI is InChI=1S/C19H22F3N3O4/c1-17(2)9-18(7-13(23)15(17)26)10-25(5-6-29-18)16(27)12-3-4-24-8-14(12)28-11-19(20,21)22/h3-4,7-8H,5-6,9-11,23H2,1-2H3. The normalized spacial score (nSPS) is 24.4. The number of morpholine rings is 1. The number of ketones is 1. The van der Waals surface area contributed by atoms with Gasteiger partial charge >= 0.3 is 6.18 Å². The van der Waals surface area contributed by atoms with Gasteiger partial charge in [-0.1, -0.05) is 13.8 Å². The van der Waals surface area contributed by atoms with Crippen LogP contribution >= 0.6 is 0 Å². The van der Waals surface area contributed by atoms with Crippen molar-refractivity contribution in [2.75, 3.05) is 26.3 Å². The SMILES string of the molecule is CC1(C)CC2(C=C(N)C1=O)CN(C(=O)c1ccncc1OCC(F)(F)F)CCO2. The van der Waals surface area contributed by atoms with Crippen molar-refractivity contribution in [1.82, 2.24) is 9.88 Å². The molecule has 1 amide bonds. The van der Waals surface area contributed by atoms with E-state index >= 15 is 0 Å². The maximum Gasteiger partial charge on any atom is 0.422 e. The molecule has 1 aromatic heterocycles. The van der Waals surface area contributed by atoms with Crippen LogP contribution < -0.4 is 10.5 Å². The molecule has 1 saturated heterocycles. The van der Waals surface area contributed by atoms with Gasteiger partial charge in [0.2, 0.25) is 0 Å². The fourth-order valence-corrected chi connectivity index (χ4v) is 3.80. The van der Waals surface area contributed by atoms with Crippen molar-refractivity contribution in [3.8, 4) is 5.75 Å². The number of hydrogen-bond donors (Lipinski definition) is 1. The molecule has 10 heteroatoms. The molecule has 1 atom stereocenters. The third-order valence-electron chi connectivity index (χ3n) is 4.94. The fraction of sp³-hybridized carbons (Fsp3) is 0.526. The smallest absolute Gasteiger partial charge is 0.422 e. The Bertz CT molecular complexity index is 853. The van der Waals surface area contributed by atoms with Crippen LogP contribution in [-0.2, 0) is 9.53 Å². The lowest BCUT2D eigenvalue weighted by molar-refractivity contribution is -0.153. The van der Waals surface area contributed by atoms with Crippen molar-refractivity contribution in [3.05, 3.63) is 35.8 Å². The molecule has 29 heavy (non-hydrogen) atoms. The first-order chi connectivity index (χ1) is 13.4. The minimum Gasteiger partial charge on any atom is -0.482 e. The Labute approximate surface area is 165 Å². The monoisotopic (exact) mass is 413 g/mol. The van der Waals surface area contributed by atoms with Crippen LogP contribution in [0, 0.1) is 5.41 Å². The number of pyridine rings is 1. The van der Waals surface area contributed by atoms with Crippen molar-refractivity contribution in [2.45, 2.75) is 32.0 Å². The van der Waals surface area contributed by atoms with E-state index in [9.17, 15) is 22.8 Å². The van der Waals surface area contributed by atoms with Gasteiger partial charge in [-0.15, -0.1) is 0 Å². The number of alkyl halides is 3. The van der Waals surface area contributed by atoms with E-state index < -0.39 is 29.7 Å². The van der Waals surface area contributed by atoms with Crippen LogP contribution in [0.2, 0.25) is 0 Å². The quantitative estimate of drug-likeness (QED) is 0.815. The summed E-state index contributed by atoms with van der Waals surface area (Å²) < 4.78 is 48.2. The molecule has 1 aliphatic heterocycles.